The highest BCUT2D eigenvalue weighted by Crippen LogP contribution is 2.20. The van der Waals surface area contributed by atoms with Crippen molar-refractivity contribution in [2.24, 2.45) is 0 Å². The van der Waals surface area contributed by atoms with E-state index >= 15 is 0 Å². The predicted octanol–water partition coefficient (Wildman–Crippen LogP) is 2.49. The van der Waals surface area contributed by atoms with Gasteiger partial charge in [-0.05, 0) is 49.4 Å². The SMILES string of the molecule is COC(=O)C(Cc1ccc(OCc2ccccc2)cc1)N[C@@H](C)C(=O)N1CCC[C@H]1C(=O)OC. The Labute approximate surface area is 200 Å². The highest BCUT2D eigenvalue weighted by molar-refractivity contribution is 5.88. The van der Waals surface area contributed by atoms with Crippen LogP contribution in [-0.2, 0) is 36.9 Å². The number of carbonyl (C=O) groups excluding carboxylic acids is 3. The quantitative estimate of drug-likeness (QED) is 0.536. The summed E-state index contributed by atoms with van der Waals surface area (Å²) in [5.74, 6) is -0.403. The second-order valence-electron chi connectivity index (χ2n) is 8.30. The van der Waals surface area contributed by atoms with Crippen LogP contribution in [0.1, 0.15) is 30.9 Å². The number of esters is 2. The van der Waals surface area contributed by atoms with Crippen molar-refractivity contribution in [2.75, 3.05) is 20.8 Å². The van der Waals surface area contributed by atoms with Crippen molar-refractivity contribution in [3.05, 3.63) is 65.7 Å². The van der Waals surface area contributed by atoms with Gasteiger partial charge in [-0.15, -0.1) is 0 Å². The van der Waals surface area contributed by atoms with E-state index in [9.17, 15) is 14.4 Å². The fourth-order valence-electron chi connectivity index (χ4n) is 4.08. The molecule has 2 aromatic rings. The second kappa shape index (κ2) is 12.2. The Morgan fingerprint density at radius 3 is 2.35 bits per heavy atom. The van der Waals surface area contributed by atoms with Crippen LogP contribution >= 0.6 is 0 Å². The number of benzene rings is 2. The molecule has 8 nitrogen and oxygen atoms in total. The number of carbonyl (C=O) groups is 3. The molecule has 1 N–H and O–H groups in total. The van der Waals surface area contributed by atoms with Crippen LogP contribution in [0.4, 0.5) is 0 Å². The van der Waals surface area contributed by atoms with E-state index in [1.54, 1.807) is 6.92 Å². The maximum absolute atomic E-state index is 13.0. The number of hydrogen-bond acceptors (Lipinski definition) is 7. The Morgan fingerprint density at radius 2 is 1.71 bits per heavy atom. The zero-order valence-electron chi connectivity index (χ0n) is 19.9. The Kier molecular flexibility index (Phi) is 9.04. The molecule has 1 unspecified atom stereocenters. The van der Waals surface area contributed by atoms with Gasteiger partial charge in [-0.3, -0.25) is 14.9 Å². The summed E-state index contributed by atoms with van der Waals surface area (Å²) < 4.78 is 15.6. The summed E-state index contributed by atoms with van der Waals surface area (Å²) in [5, 5.41) is 3.08. The molecule has 3 atom stereocenters. The van der Waals surface area contributed by atoms with Gasteiger partial charge in [0.15, 0.2) is 0 Å². The van der Waals surface area contributed by atoms with Crippen molar-refractivity contribution in [1.82, 2.24) is 10.2 Å². The van der Waals surface area contributed by atoms with E-state index in [1.165, 1.54) is 19.1 Å². The number of hydrogen-bond donors (Lipinski definition) is 1. The van der Waals surface area contributed by atoms with Crippen LogP contribution in [0.15, 0.2) is 54.6 Å². The fraction of sp³-hybridized carbons (Fsp3) is 0.423. The zero-order chi connectivity index (χ0) is 24.5. The predicted molar refractivity (Wildman–Crippen MR) is 126 cm³/mol. The molecule has 0 aliphatic carbocycles. The highest BCUT2D eigenvalue weighted by atomic mass is 16.5. The molecular weight excluding hydrogens is 436 g/mol. The molecule has 1 fully saturated rings. The molecule has 0 spiro atoms. The molecule has 1 aliphatic heterocycles. The summed E-state index contributed by atoms with van der Waals surface area (Å²) in [6, 6.07) is 15.4. The zero-order valence-corrected chi connectivity index (χ0v) is 19.9. The molecule has 1 heterocycles. The molecule has 0 radical (unpaired) electrons. The lowest BCUT2D eigenvalue weighted by Crippen LogP contribution is -2.53. The van der Waals surface area contributed by atoms with E-state index in [1.807, 2.05) is 54.6 Å². The molecule has 0 aromatic heterocycles. The Hall–Kier alpha value is -3.39. The fourth-order valence-corrected chi connectivity index (χ4v) is 4.08. The first kappa shape index (κ1) is 25.2. The van der Waals surface area contributed by atoms with Crippen molar-refractivity contribution in [3.63, 3.8) is 0 Å². The normalized spacial score (nSPS) is 17.0. The number of nitrogens with zero attached hydrogens (tertiary/aromatic N) is 1. The highest BCUT2D eigenvalue weighted by Gasteiger charge is 2.37. The second-order valence-corrected chi connectivity index (χ2v) is 8.30. The van der Waals surface area contributed by atoms with E-state index in [4.69, 9.17) is 14.2 Å². The minimum absolute atomic E-state index is 0.244. The maximum atomic E-state index is 13.0. The van der Waals surface area contributed by atoms with E-state index in [0.29, 0.717) is 26.0 Å². The largest absolute Gasteiger partial charge is 0.489 e. The molecule has 0 bridgehead atoms. The topological polar surface area (TPSA) is 94.2 Å². The van der Waals surface area contributed by atoms with Crippen molar-refractivity contribution in [1.29, 1.82) is 0 Å². The Morgan fingerprint density at radius 1 is 1.00 bits per heavy atom. The van der Waals surface area contributed by atoms with Gasteiger partial charge in [0.25, 0.3) is 0 Å². The van der Waals surface area contributed by atoms with Gasteiger partial charge in [-0.1, -0.05) is 42.5 Å². The van der Waals surface area contributed by atoms with Gasteiger partial charge in [0, 0.05) is 6.54 Å². The number of ether oxygens (including phenoxy) is 3. The van der Waals surface area contributed by atoms with Gasteiger partial charge in [0.1, 0.15) is 24.4 Å². The van der Waals surface area contributed by atoms with Crippen molar-refractivity contribution < 1.29 is 28.6 Å². The van der Waals surface area contributed by atoms with Crippen LogP contribution < -0.4 is 10.1 Å². The third-order valence-corrected chi connectivity index (χ3v) is 5.93. The molecule has 1 saturated heterocycles. The van der Waals surface area contributed by atoms with Gasteiger partial charge in [0.05, 0.1) is 20.3 Å². The molecule has 3 rings (SSSR count). The molecular formula is C26H32N2O6. The van der Waals surface area contributed by atoms with Gasteiger partial charge in [0.2, 0.25) is 5.91 Å². The van der Waals surface area contributed by atoms with Crippen molar-refractivity contribution in [3.8, 4) is 5.75 Å². The monoisotopic (exact) mass is 468 g/mol. The first-order valence-electron chi connectivity index (χ1n) is 11.4. The van der Waals surface area contributed by atoms with Crippen LogP contribution in [-0.4, -0.2) is 61.6 Å². The summed E-state index contributed by atoms with van der Waals surface area (Å²) in [6.07, 6.45) is 1.64. The average Bonchev–Trinajstić information content (AvgIpc) is 3.37. The van der Waals surface area contributed by atoms with E-state index in [2.05, 4.69) is 5.32 Å². The lowest BCUT2D eigenvalue weighted by atomic mass is 10.0. The summed E-state index contributed by atoms with van der Waals surface area (Å²) in [5.41, 5.74) is 1.97. The number of rotatable bonds is 10. The lowest BCUT2D eigenvalue weighted by molar-refractivity contribution is -0.152. The average molecular weight is 469 g/mol. The standard InChI is InChI=1S/C26H32N2O6/c1-18(24(29)28-15-7-10-23(28)26(31)33-3)27-22(25(30)32-2)16-19-11-13-21(14-12-19)34-17-20-8-5-4-6-9-20/h4-6,8-9,11-14,18,22-23,27H,7,10,15-17H2,1-3H3/t18-,22?,23-/m0/s1. The number of methoxy groups -OCH3 is 2. The van der Waals surface area contributed by atoms with Crippen molar-refractivity contribution >= 4 is 17.8 Å². The third-order valence-electron chi connectivity index (χ3n) is 5.93. The van der Waals surface area contributed by atoms with E-state index < -0.39 is 30.1 Å². The lowest BCUT2D eigenvalue weighted by Gasteiger charge is -2.28. The van der Waals surface area contributed by atoms with Gasteiger partial charge < -0.3 is 19.1 Å². The molecule has 8 heteroatoms. The van der Waals surface area contributed by atoms with E-state index in [0.717, 1.165) is 23.3 Å². The first-order valence-corrected chi connectivity index (χ1v) is 11.4. The molecule has 2 aromatic carbocycles. The number of likely N-dealkylation sites (tertiary alicyclic amines) is 1. The summed E-state index contributed by atoms with van der Waals surface area (Å²) in [6.45, 7) is 2.64. The van der Waals surface area contributed by atoms with Gasteiger partial charge in [-0.25, -0.2) is 4.79 Å². The van der Waals surface area contributed by atoms with Gasteiger partial charge >= 0.3 is 11.9 Å². The molecule has 0 saturated carbocycles. The Bertz CT molecular complexity index is 963. The van der Waals surface area contributed by atoms with Crippen LogP contribution in [0, 0.1) is 0 Å². The smallest absolute Gasteiger partial charge is 0.328 e. The molecule has 1 aliphatic rings. The third kappa shape index (κ3) is 6.57. The van der Waals surface area contributed by atoms with Crippen LogP contribution in [0.3, 0.4) is 0 Å². The van der Waals surface area contributed by atoms with E-state index in [-0.39, 0.29) is 5.91 Å². The van der Waals surface area contributed by atoms with Gasteiger partial charge in [-0.2, -0.15) is 0 Å². The summed E-state index contributed by atoms with van der Waals surface area (Å²) in [4.78, 5) is 39.0. The minimum atomic E-state index is -0.723. The number of amides is 1. The number of nitrogens with one attached hydrogen (secondary N) is 1. The summed E-state index contributed by atoms with van der Waals surface area (Å²) in [7, 11) is 2.63. The molecule has 182 valence electrons. The molecule has 1 amide bonds. The van der Waals surface area contributed by atoms with Crippen LogP contribution in [0.25, 0.3) is 0 Å². The summed E-state index contributed by atoms with van der Waals surface area (Å²) >= 11 is 0. The minimum Gasteiger partial charge on any atom is -0.489 e. The maximum Gasteiger partial charge on any atom is 0.328 e. The molecule has 34 heavy (non-hydrogen) atoms. The first-order chi connectivity index (χ1) is 16.4. The van der Waals surface area contributed by atoms with Crippen molar-refractivity contribution in [2.45, 2.75) is 50.9 Å². The van der Waals surface area contributed by atoms with Crippen LogP contribution in [0.5, 0.6) is 5.75 Å². The van der Waals surface area contributed by atoms with Crippen LogP contribution in [0.2, 0.25) is 0 Å². The Balaban J connectivity index is 1.60.